The van der Waals surface area contributed by atoms with Crippen LogP contribution in [0.25, 0.3) is 0 Å². The highest BCUT2D eigenvalue weighted by Crippen LogP contribution is 2.16. The molecule has 2 aromatic carbocycles. The molecule has 0 aliphatic rings. The lowest BCUT2D eigenvalue weighted by Gasteiger charge is -2.10. The van der Waals surface area contributed by atoms with Gasteiger partial charge in [0.05, 0.1) is 6.61 Å². The molecule has 3 heteroatoms. The Bertz CT molecular complexity index is 537. The maximum atomic E-state index is 5.62. The van der Waals surface area contributed by atoms with Crippen molar-refractivity contribution in [3.05, 3.63) is 59.7 Å². The van der Waals surface area contributed by atoms with Gasteiger partial charge < -0.3 is 14.8 Å². The normalized spacial score (nSPS) is 10.4. The Balaban J connectivity index is 1.88. The summed E-state index contributed by atoms with van der Waals surface area (Å²) in [4.78, 5) is 0. The van der Waals surface area contributed by atoms with E-state index in [0.29, 0.717) is 13.2 Å². The minimum absolute atomic E-state index is 0.575. The van der Waals surface area contributed by atoms with E-state index >= 15 is 0 Å². The lowest BCUT2D eigenvalue weighted by molar-refractivity contribution is 0.146. The van der Waals surface area contributed by atoms with E-state index in [1.54, 1.807) is 7.11 Å². The van der Waals surface area contributed by atoms with E-state index in [9.17, 15) is 0 Å². The van der Waals surface area contributed by atoms with Gasteiger partial charge >= 0.3 is 0 Å². The smallest absolute Gasteiger partial charge is 0.119 e. The van der Waals surface area contributed by atoms with E-state index in [1.165, 1.54) is 11.1 Å². The Morgan fingerprint density at radius 1 is 0.952 bits per heavy atom. The fourth-order valence-electron chi connectivity index (χ4n) is 2.05. The standard InChI is InChI=1S/C18H23NO2/c1-3-15-7-9-17(10-8-15)19-14-16-5-4-6-18(13-16)21-12-11-20-2/h4-10,13,19H,3,11-12,14H2,1-2H3. The fourth-order valence-corrected chi connectivity index (χ4v) is 2.05. The summed E-state index contributed by atoms with van der Waals surface area (Å²) in [6.45, 7) is 4.13. The summed E-state index contributed by atoms with van der Waals surface area (Å²) in [5, 5.41) is 3.43. The van der Waals surface area contributed by atoms with Crippen LogP contribution in [-0.2, 0) is 17.7 Å². The fraction of sp³-hybridized carbons (Fsp3) is 0.333. The summed E-state index contributed by atoms with van der Waals surface area (Å²) in [7, 11) is 1.67. The highest BCUT2D eigenvalue weighted by molar-refractivity contribution is 5.45. The zero-order valence-electron chi connectivity index (χ0n) is 12.8. The summed E-state index contributed by atoms with van der Waals surface area (Å²) < 4.78 is 10.6. The zero-order chi connectivity index (χ0) is 14.9. The predicted octanol–water partition coefficient (Wildman–Crippen LogP) is 3.89. The molecule has 0 fully saturated rings. The molecule has 0 radical (unpaired) electrons. The third-order valence-electron chi connectivity index (χ3n) is 3.31. The van der Waals surface area contributed by atoms with Gasteiger partial charge in [-0.3, -0.25) is 0 Å². The largest absolute Gasteiger partial charge is 0.491 e. The molecule has 0 aliphatic carbocycles. The summed E-state index contributed by atoms with van der Waals surface area (Å²) in [6, 6.07) is 16.7. The first-order chi connectivity index (χ1) is 10.3. The third kappa shape index (κ3) is 5.12. The van der Waals surface area contributed by atoms with Crippen LogP contribution in [0.15, 0.2) is 48.5 Å². The average Bonchev–Trinajstić information content (AvgIpc) is 2.54. The summed E-state index contributed by atoms with van der Waals surface area (Å²) in [5.41, 5.74) is 3.69. The van der Waals surface area contributed by atoms with Crippen molar-refractivity contribution in [1.29, 1.82) is 0 Å². The topological polar surface area (TPSA) is 30.5 Å². The van der Waals surface area contributed by atoms with E-state index in [-0.39, 0.29) is 0 Å². The van der Waals surface area contributed by atoms with Gasteiger partial charge in [0, 0.05) is 19.3 Å². The Kier molecular flexibility index (Phi) is 6.10. The van der Waals surface area contributed by atoms with Crippen LogP contribution >= 0.6 is 0 Å². The van der Waals surface area contributed by atoms with Crippen LogP contribution in [0, 0.1) is 0 Å². The van der Waals surface area contributed by atoms with E-state index in [2.05, 4.69) is 48.6 Å². The van der Waals surface area contributed by atoms with Gasteiger partial charge in [0.15, 0.2) is 0 Å². The van der Waals surface area contributed by atoms with Crippen molar-refractivity contribution in [1.82, 2.24) is 0 Å². The second kappa shape index (κ2) is 8.32. The van der Waals surface area contributed by atoms with Gasteiger partial charge in [0.25, 0.3) is 0 Å². The van der Waals surface area contributed by atoms with Crippen molar-refractivity contribution in [3.63, 3.8) is 0 Å². The third-order valence-corrected chi connectivity index (χ3v) is 3.31. The van der Waals surface area contributed by atoms with Gasteiger partial charge in [-0.15, -0.1) is 0 Å². The minimum atomic E-state index is 0.575. The Morgan fingerprint density at radius 3 is 2.48 bits per heavy atom. The Labute approximate surface area is 126 Å². The molecule has 0 atom stereocenters. The highest BCUT2D eigenvalue weighted by atomic mass is 16.5. The number of rotatable bonds is 8. The second-order valence-corrected chi connectivity index (χ2v) is 4.89. The van der Waals surface area contributed by atoms with Crippen molar-refractivity contribution < 1.29 is 9.47 Å². The number of ether oxygens (including phenoxy) is 2. The SMILES string of the molecule is CCc1ccc(NCc2cccc(OCCOC)c2)cc1. The van der Waals surface area contributed by atoms with Gasteiger partial charge in [-0.1, -0.05) is 31.2 Å². The molecule has 0 saturated carbocycles. The van der Waals surface area contributed by atoms with Crippen LogP contribution in [0.2, 0.25) is 0 Å². The zero-order valence-corrected chi connectivity index (χ0v) is 12.8. The lowest BCUT2D eigenvalue weighted by atomic mass is 10.1. The van der Waals surface area contributed by atoms with Crippen molar-refractivity contribution in [3.8, 4) is 5.75 Å². The first-order valence-electron chi connectivity index (χ1n) is 7.35. The van der Waals surface area contributed by atoms with Crippen molar-refractivity contribution in [2.75, 3.05) is 25.6 Å². The molecule has 0 saturated heterocycles. The molecule has 2 aromatic rings. The lowest BCUT2D eigenvalue weighted by Crippen LogP contribution is -2.05. The van der Waals surface area contributed by atoms with E-state index in [0.717, 1.165) is 24.4 Å². The number of aryl methyl sites for hydroxylation is 1. The average molecular weight is 285 g/mol. The number of methoxy groups -OCH3 is 1. The number of anilines is 1. The monoisotopic (exact) mass is 285 g/mol. The van der Waals surface area contributed by atoms with Crippen LogP contribution < -0.4 is 10.1 Å². The molecule has 0 aromatic heterocycles. The molecule has 0 spiro atoms. The number of benzene rings is 2. The Morgan fingerprint density at radius 2 is 1.76 bits per heavy atom. The molecule has 112 valence electrons. The Hall–Kier alpha value is -2.00. The maximum Gasteiger partial charge on any atom is 0.119 e. The predicted molar refractivity (Wildman–Crippen MR) is 87.0 cm³/mol. The molecule has 2 rings (SSSR count). The van der Waals surface area contributed by atoms with Crippen LogP contribution in [0.5, 0.6) is 5.75 Å². The van der Waals surface area contributed by atoms with Crippen LogP contribution in [-0.4, -0.2) is 20.3 Å². The second-order valence-electron chi connectivity index (χ2n) is 4.89. The molecule has 21 heavy (non-hydrogen) atoms. The summed E-state index contributed by atoms with van der Waals surface area (Å²) in [5.74, 6) is 0.882. The van der Waals surface area contributed by atoms with E-state index in [4.69, 9.17) is 9.47 Å². The van der Waals surface area contributed by atoms with Crippen molar-refractivity contribution in [2.45, 2.75) is 19.9 Å². The number of hydrogen-bond acceptors (Lipinski definition) is 3. The molecule has 0 bridgehead atoms. The first kappa shape index (κ1) is 15.4. The first-order valence-corrected chi connectivity index (χ1v) is 7.35. The highest BCUT2D eigenvalue weighted by Gasteiger charge is 1.98. The molecule has 3 nitrogen and oxygen atoms in total. The molecule has 0 aliphatic heterocycles. The van der Waals surface area contributed by atoms with Crippen LogP contribution in [0.3, 0.4) is 0 Å². The molecule has 1 N–H and O–H groups in total. The van der Waals surface area contributed by atoms with Crippen molar-refractivity contribution >= 4 is 5.69 Å². The molecular weight excluding hydrogens is 262 g/mol. The van der Waals surface area contributed by atoms with E-state index in [1.807, 2.05) is 12.1 Å². The van der Waals surface area contributed by atoms with Gasteiger partial charge in [-0.25, -0.2) is 0 Å². The van der Waals surface area contributed by atoms with Crippen molar-refractivity contribution in [2.24, 2.45) is 0 Å². The van der Waals surface area contributed by atoms with Gasteiger partial charge in [0.2, 0.25) is 0 Å². The number of nitrogens with one attached hydrogen (secondary N) is 1. The van der Waals surface area contributed by atoms with Gasteiger partial charge in [-0.05, 0) is 41.8 Å². The number of hydrogen-bond donors (Lipinski definition) is 1. The molecule has 0 amide bonds. The van der Waals surface area contributed by atoms with Gasteiger partial charge in [-0.2, -0.15) is 0 Å². The molecule has 0 heterocycles. The molecular formula is C18H23NO2. The summed E-state index contributed by atoms with van der Waals surface area (Å²) >= 11 is 0. The van der Waals surface area contributed by atoms with E-state index < -0.39 is 0 Å². The van der Waals surface area contributed by atoms with Crippen LogP contribution in [0.4, 0.5) is 5.69 Å². The van der Waals surface area contributed by atoms with Crippen LogP contribution in [0.1, 0.15) is 18.1 Å². The summed E-state index contributed by atoms with van der Waals surface area (Å²) in [6.07, 6.45) is 1.07. The quantitative estimate of drug-likeness (QED) is 0.746. The minimum Gasteiger partial charge on any atom is -0.491 e. The van der Waals surface area contributed by atoms with Gasteiger partial charge in [0.1, 0.15) is 12.4 Å². The molecule has 0 unspecified atom stereocenters. The maximum absolute atomic E-state index is 5.62.